The molecule has 0 N–H and O–H groups in total. The number of methoxy groups -OCH3 is 1. The van der Waals surface area contributed by atoms with Crippen LogP contribution in [0.3, 0.4) is 0 Å². The van der Waals surface area contributed by atoms with E-state index in [4.69, 9.17) is 14.5 Å². The highest BCUT2D eigenvalue weighted by Crippen LogP contribution is 2.44. The standard InChI is InChI=1S/C30H33N3O2/c1-4-20-18-33-14-12-21(20)16-28(33)30(24-11-13-31-26-10-9-22(34-3)17-25(24)26)35-29-15-19(2)23-7-5-6-8-27(23)32-29/h5-11,13,15,17,20-21,28,30H,4,12,14,16,18H2,1-3H3/t20-,21-,28+,30-/m0/s1. The van der Waals surface area contributed by atoms with Gasteiger partial charge in [-0.25, -0.2) is 4.98 Å². The number of piperidine rings is 3. The Kier molecular flexibility index (Phi) is 5.81. The monoisotopic (exact) mass is 467 g/mol. The molecule has 2 aromatic heterocycles. The van der Waals surface area contributed by atoms with E-state index in [2.05, 4.69) is 60.1 Å². The van der Waals surface area contributed by atoms with Crippen LogP contribution in [0.2, 0.25) is 0 Å². The smallest absolute Gasteiger partial charge is 0.214 e. The molecule has 4 aromatic rings. The fraction of sp³-hybridized carbons (Fsp3) is 0.400. The molecule has 5 heteroatoms. The predicted molar refractivity (Wildman–Crippen MR) is 140 cm³/mol. The van der Waals surface area contributed by atoms with Gasteiger partial charge in [0.25, 0.3) is 0 Å². The topological polar surface area (TPSA) is 47.5 Å². The van der Waals surface area contributed by atoms with E-state index in [-0.39, 0.29) is 6.10 Å². The number of ether oxygens (including phenoxy) is 2. The molecular weight excluding hydrogens is 434 g/mol. The Labute approximate surface area is 207 Å². The largest absolute Gasteiger partial charge is 0.497 e. The Hall–Kier alpha value is -3.18. The molecule has 0 radical (unpaired) electrons. The summed E-state index contributed by atoms with van der Waals surface area (Å²) in [7, 11) is 1.71. The van der Waals surface area contributed by atoms with Gasteiger partial charge < -0.3 is 9.47 Å². The molecule has 5 heterocycles. The number of nitrogens with zero attached hydrogens (tertiary/aromatic N) is 3. The molecule has 2 bridgehead atoms. The van der Waals surface area contributed by atoms with Crippen molar-refractivity contribution in [2.75, 3.05) is 20.2 Å². The first-order valence-electron chi connectivity index (χ1n) is 12.8. The van der Waals surface area contributed by atoms with Gasteiger partial charge in [-0.1, -0.05) is 31.5 Å². The van der Waals surface area contributed by atoms with Crippen LogP contribution in [-0.4, -0.2) is 41.1 Å². The van der Waals surface area contributed by atoms with E-state index in [1.54, 1.807) is 7.11 Å². The zero-order valence-corrected chi connectivity index (χ0v) is 20.8. The minimum atomic E-state index is -0.138. The van der Waals surface area contributed by atoms with Crippen LogP contribution in [0.15, 0.2) is 60.8 Å². The van der Waals surface area contributed by atoms with Crippen LogP contribution >= 0.6 is 0 Å². The number of fused-ring (bicyclic) bond motifs is 5. The molecule has 0 saturated carbocycles. The maximum absolute atomic E-state index is 6.91. The van der Waals surface area contributed by atoms with Gasteiger partial charge in [-0.2, -0.15) is 0 Å². The van der Waals surface area contributed by atoms with Gasteiger partial charge in [-0.05, 0) is 74.0 Å². The summed E-state index contributed by atoms with van der Waals surface area (Å²) in [5.41, 5.74) is 4.27. The normalized spacial score (nSPS) is 24.5. The van der Waals surface area contributed by atoms with Crippen molar-refractivity contribution in [2.24, 2.45) is 11.8 Å². The highest BCUT2D eigenvalue weighted by Gasteiger charge is 2.44. The van der Waals surface area contributed by atoms with Crippen molar-refractivity contribution in [3.63, 3.8) is 0 Å². The van der Waals surface area contributed by atoms with Crippen LogP contribution in [0, 0.1) is 18.8 Å². The van der Waals surface area contributed by atoms with Crippen LogP contribution < -0.4 is 9.47 Å². The third kappa shape index (κ3) is 4.02. The molecule has 0 spiro atoms. The van der Waals surface area contributed by atoms with Crippen molar-refractivity contribution in [3.8, 4) is 11.6 Å². The van der Waals surface area contributed by atoms with E-state index >= 15 is 0 Å². The third-order valence-electron chi connectivity index (χ3n) is 8.25. The number of hydrogen-bond acceptors (Lipinski definition) is 5. The van der Waals surface area contributed by atoms with E-state index < -0.39 is 0 Å². The molecule has 0 aliphatic carbocycles. The highest BCUT2D eigenvalue weighted by atomic mass is 16.5. The summed E-state index contributed by atoms with van der Waals surface area (Å²) < 4.78 is 12.5. The lowest BCUT2D eigenvalue weighted by molar-refractivity contribution is -0.0492. The minimum absolute atomic E-state index is 0.138. The summed E-state index contributed by atoms with van der Waals surface area (Å²) in [6, 6.07) is 18.9. The van der Waals surface area contributed by atoms with Gasteiger partial charge >= 0.3 is 0 Å². The SMILES string of the molecule is CC[C@H]1CN2CC[C@H]1C[C@@H]2[C@@H](Oc1cc(C)c2ccccc2n1)c1ccnc2ccc(OC)cc12. The summed E-state index contributed by atoms with van der Waals surface area (Å²) >= 11 is 0. The first-order chi connectivity index (χ1) is 17.1. The number of rotatable bonds is 6. The van der Waals surface area contributed by atoms with Crippen molar-refractivity contribution < 1.29 is 9.47 Å². The van der Waals surface area contributed by atoms with Crippen LogP contribution in [-0.2, 0) is 0 Å². The van der Waals surface area contributed by atoms with Crippen molar-refractivity contribution in [1.82, 2.24) is 14.9 Å². The number of para-hydroxylation sites is 1. The summed E-state index contributed by atoms with van der Waals surface area (Å²) in [5, 5.41) is 2.26. The van der Waals surface area contributed by atoms with Crippen LogP contribution in [0.5, 0.6) is 11.6 Å². The average Bonchev–Trinajstić information content (AvgIpc) is 2.91. The Morgan fingerprint density at radius 2 is 1.94 bits per heavy atom. The Balaban J connectivity index is 1.46. The number of benzene rings is 2. The predicted octanol–water partition coefficient (Wildman–Crippen LogP) is 6.34. The average molecular weight is 468 g/mol. The van der Waals surface area contributed by atoms with Gasteiger partial charge in [0, 0.05) is 35.1 Å². The fourth-order valence-corrected chi connectivity index (χ4v) is 6.34. The van der Waals surface area contributed by atoms with E-state index in [9.17, 15) is 0 Å². The lowest BCUT2D eigenvalue weighted by Gasteiger charge is -2.51. The van der Waals surface area contributed by atoms with E-state index in [0.29, 0.717) is 11.9 Å². The Bertz CT molecular complexity index is 1370. The molecule has 5 nitrogen and oxygen atoms in total. The zero-order chi connectivity index (χ0) is 23.9. The van der Waals surface area contributed by atoms with E-state index in [0.717, 1.165) is 59.1 Å². The van der Waals surface area contributed by atoms with Gasteiger partial charge in [0.1, 0.15) is 11.9 Å². The molecule has 1 unspecified atom stereocenters. The lowest BCUT2D eigenvalue weighted by atomic mass is 9.72. The Morgan fingerprint density at radius 3 is 2.74 bits per heavy atom. The first-order valence-corrected chi connectivity index (χ1v) is 12.8. The van der Waals surface area contributed by atoms with Crippen molar-refractivity contribution >= 4 is 21.8 Å². The molecule has 3 saturated heterocycles. The number of aromatic nitrogens is 2. The quantitative estimate of drug-likeness (QED) is 0.331. The molecule has 3 aliphatic heterocycles. The maximum Gasteiger partial charge on any atom is 0.214 e. The number of aryl methyl sites for hydroxylation is 1. The fourth-order valence-electron chi connectivity index (χ4n) is 6.34. The summed E-state index contributed by atoms with van der Waals surface area (Å²) in [6.45, 7) is 6.76. The van der Waals surface area contributed by atoms with Gasteiger partial charge in [-0.3, -0.25) is 9.88 Å². The minimum Gasteiger partial charge on any atom is -0.497 e. The molecule has 0 amide bonds. The molecule has 5 atom stereocenters. The molecule has 2 aromatic carbocycles. The summed E-state index contributed by atoms with van der Waals surface area (Å²) in [4.78, 5) is 12.2. The van der Waals surface area contributed by atoms with Gasteiger partial charge in [-0.15, -0.1) is 0 Å². The zero-order valence-electron chi connectivity index (χ0n) is 20.8. The van der Waals surface area contributed by atoms with Crippen molar-refractivity contribution in [2.45, 2.75) is 45.3 Å². The second-order valence-corrected chi connectivity index (χ2v) is 10.1. The van der Waals surface area contributed by atoms with Gasteiger partial charge in [0.15, 0.2) is 0 Å². The molecule has 3 aliphatic rings. The number of hydrogen-bond donors (Lipinski definition) is 0. The van der Waals surface area contributed by atoms with E-state index in [1.165, 1.54) is 23.8 Å². The summed E-state index contributed by atoms with van der Waals surface area (Å²) in [5.74, 6) is 3.07. The maximum atomic E-state index is 6.91. The lowest BCUT2D eigenvalue weighted by Crippen LogP contribution is -2.56. The molecule has 180 valence electrons. The second-order valence-electron chi connectivity index (χ2n) is 10.1. The molecule has 35 heavy (non-hydrogen) atoms. The molecular formula is C30H33N3O2. The van der Waals surface area contributed by atoms with Crippen molar-refractivity contribution in [3.05, 3.63) is 71.9 Å². The second kappa shape index (κ2) is 9.12. The molecule has 3 fully saturated rings. The number of pyridine rings is 2. The van der Waals surface area contributed by atoms with Gasteiger partial charge in [0.05, 0.1) is 24.2 Å². The van der Waals surface area contributed by atoms with Crippen LogP contribution in [0.4, 0.5) is 0 Å². The first kappa shape index (κ1) is 22.3. The van der Waals surface area contributed by atoms with E-state index in [1.807, 2.05) is 24.4 Å². The summed E-state index contributed by atoms with van der Waals surface area (Å²) in [6.07, 6.45) is 5.47. The third-order valence-corrected chi connectivity index (χ3v) is 8.25. The van der Waals surface area contributed by atoms with Gasteiger partial charge in [0.2, 0.25) is 5.88 Å². The van der Waals surface area contributed by atoms with Crippen molar-refractivity contribution in [1.29, 1.82) is 0 Å². The van der Waals surface area contributed by atoms with Crippen LogP contribution in [0.25, 0.3) is 21.8 Å². The Morgan fingerprint density at radius 1 is 1.06 bits per heavy atom. The van der Waals surface area contributed by atoms with Crippen LogP contribution in [0.1, 0.15) is 43.4 Å². The molecule has 7 rings (SSSR count). The highest BCUT2D eigenvalue weighted by molar-refractivity contribution is 5.84.